The SMILES string of the molecule is CCC(=O)[C@@H]1[C@H]2CCN1C(=O)Cn1cc(C(C)=O)c3cc(-c4cnc(C)nc4)cc(c31)CCCCCCCCCCCO2. The lowest BCUT2D eigenvalue weighted by Crippen LogP contribution is -2.46. The van der Waals surface area contributed by atoms with Gasteiger partial charge in [-0.2, -0.15) is 0 Å². The summed E-state index contributed by atoms with van der Waals surface area (Å²) in [6.45, 7) is 6.50. The molecule has 2 bridgehead atoms. The monoisotopic (exact) mass is 586 g/mol. The van der Waals surface area contributed by atoms with Gasteiger partial charge in [0.25, 0.3) is 0 Å². The maximum Gasteiger partial charge on any atom is 0.243 e. The average Bonchev–Trinajstić information content (AvgIpc) is 3.59. The molecule has 0 radical (unpaired) electrons. The summed E-state index contributed by atoms with van der Waals surface area (Å²) in [5.74, 6) is 0.602. The molecule has 1 aromatic carbocycles. The number of ketones is 2. The lowest BCUT2D eigenvalue weighted by molar-refractivity contribution is -0.140. The van der Waals surface area contributed by atoms with Crippen molar-refractivity contribution in [3.05, 3.63) is 47.7 Å². The van der Waals surface area contributed by atoms with E-state index in [1.807, 2.05) is 43.1 Å². The van der Waals surface area contributed by atoms with Gasteiger partial charge in [0.15, 0.2) is 11.6 Å². The number of ether oxygens (including phenoxy) is 1. The Morgan fingerprint density at radius 1 is 0.953 bits per heavy atom. The van der Waals surface area contributed by atoms with E-state index in [0.717, 1.165) is 59.7 Å². The first-order chi connectivity index (χ1) is 20.9. The second-order valence-electron chi connectivity index (χ2n) is 12.3. The molecule has 8 heteroatoms. The van der Waals surface area contributed by atoms with Crippen molar-refractivity contribution in [2.45, 2.75) is 117 Å². The van der Waals surface area contributed by atoms with E-state index in [4.69, 9.17) is 4.74 Å². The molecule has 0 spiro atoms. The Kier molecular flexibility index (Phi) is 10.4. The molecule has 43 heavy (non-hydrogen) atoms. The minimum atomic E-state index is -0.551. The van der Waals surface area contributed by atoms with Crippen LogP contribution in [0.3, 0.4) is 0 Å². The van der Waals surface area contributed by atoms with E-state index >= 15 is 0 Å². The minimum absolute atomic E-state index is 0.0429. The molecular formula is C35H46N4O4. The maximum atomic E-state index is 13.9. The van der Waals surface area contributed by atoms with Crippen LogP contribution < -0.4 is 0 Å². The molecule has 0 unspecified atom stereocenters. The van der Waals surface area contributed by atoms with Crippen LogP contribution in [0.4, 0.5) is 0 Å². The van der Waals surface area contributed by atoms with Gasteiger partial charge < -0.3 is 14.2 Å². The predicted molar refractivity (Wildman–Crippen MR) is 168 cm³/mol. The van der Waals surface area contributed by atoms with Crippen molar-refractivity contribution >= 4 is 28.4 Å². The van der Waals surface area contributed by atoms with Crippen LogP contribution in [0, 0.1) is 6.92 Å². The van der Waals surface area contributed by atoms with E-state index in [9.17, 15) is 14.4 Å². The fourth-order valence-corrected chi connectivity index (χ4v) is 6.77. The first-order valence-electron chi connectivity index (χ1n) is 16.3. The fraction of sp³-hybridized carbons (Fsp3) is 0.571. The van der Waals surface area contributed by atoms with Gasteiger partial charge in [0.05, 0.1) is 11.6 Å². The largest absolute Gasteiger partial charge is 0.376 e. The second kappa shape index (κ2) is 14.4. The number of Topliss-reactive ketones (excluding diaryl/α,β-unsaturated/α-hetero) is 2. The third-order valence-corrected chi connectivity index (χ3v) is 9.11. The molecule has 5 rings (SSSR count). The molecule has 0 aliphatic carbocycles. The van der Waals surface area contributed by atoms with Crippen molar-refractivity contribution in [3.63, 3.8) is 0 Å². The highest BCUT2D eigenvalue weighted by Gasteiger charge is 2.41. The smallest absolute Gasteiger partial charge is 0.243 e. The molecular weight excluding hydrogens is 540 g/mol. The van der Waals surface area contributed by atoms with Crippen LogP contribution in [0.2, 0.25) is 0 Å². The first-order valence-corrected chi connectivity index (χ1v) is 16.3. The number of carbonyl (C=O) groups excluding carboxylic acids is 3. The molecule has 8 nitrogen and oxygen atoms in total. The van der Waals surface area contributed by atoms with Crippen LogP contribution in [-0.2, 0) is 27.3 Å². The van der Waals surface area contributed by atoms with Crippen LogP contribution in [-0.4, -0.2) is 62.2 Å². The topological polar surface area (TPSA) is 94.4 Å². The van der Waals surface area contributed by atoms with Gasteiger partial charge in [0, 0.05) is 54.7 Å². The molecule has 2 aliphatic rings. The lowest BCUT2D eigenvalue weighted by Gasteiger charge is -2.27. The van der Waals surface area contributed by atoms with Crippen molar-refractivity contribution < 1.29 is 19.1 Å². The van der Waals surface area contributed by atoms with Gasteiger partial charge in [-0.25, -0.2) is 9.97 Å². The molecule has 1 fully saturated rings. The average molecular weight is 587 g/mol. The van der Waals surface area contributed by atoms with Crippen molar-refractivity contribution in [2.75, 3.05) is 13.2 Å². The highest BCUT2D eigenvalue weighted by Crippen LogP contribution is 2.33. The zero-order valence-electron chi connectivity index (χ0n) is 26.1. The summed E-state index contributed by atoms with van der Waals surface area (Å²) >= 11 is 0. The number of amides is 1. The van der Waals surface area contributed by atoms with E-state index in [2.05, 4.69) is 16.0 Å². The Bertz CT molecular complexity index is 1440. The van der Waals surface area contributed by atoms with Gasteiger partial charge in [-0.05, 0) is 62.8 Å². The molecule has 3 aromatic rings. The summed E-state index contributed by atoms with van der Waals surface area (Å²) in [4.78, 5) is 50.5. The highest BCUT2D eigenvalue weighted by molar-refractivity contribution is 6.09. The number of rotatable bonds is 4. The Morgan fingerprint density at radius 2 is 1.63 bits per heavy atom. The maximum absolute atomic E-state index is 13.9. The number of nitrogens with zero attached hydrogens (tertiary/aromatic N) is 4. The number of aryl methyl sites for hydroxylation is 2. The lowest BCUT2D eigenvalue weighted by atomic mass is 9.96. The quantitative estimate of drug-likeness (QED) is 0.318. The number of carbonyl (C=O) groups is 3. The summed E-state index contributed by atoms with van der Waals surface area (Å²) in [5, 5.41) is 0.847. The Morgan fingerprint density at radius 3 is 2.30 bits per heavy atom. The third kappa shape index (κ3) is 7.23. The van der Waals surface area contributed by atoms with Crippen LogP contribution >= 0.6 is 0 Å². The molecule has 0 N–H and O–H groups in total. The third-order valence-electron chi connectivity index (χ3n) is 9.11. The van der Waals surface area contributed by atoms with E-state index in [1.165, 1.54) is 32.1 Å². The summed E-state index contributed by atoms with van der Waals surface area (Å²) < 4.78 is 8.18. The Balaban J connectivity index is 1.55. The van der Waals surface area contributed by atoms with Gasteiger partial charge in [0.1, 0.15) is 18.4 Å². The number of hydrogen-bond acceptors (Lipinski definition) is 6. The molecule has 1 amide bonds. The van der Waals surface area contributed by atoms with Gasteiger partial charge in [-0.3, -0.25) is 14.4 Å². The molecule has 0 saturated carbocycles. The van der Waals surface area contributed by atoms with E-state index in [-0.39, 0.29) is 30.1 Å². The first kappa shape index (κ1) is 31.0. The van der Waals surface area contributed by atoms with E-state index in [1.54, 1.807) is 11.8 Å². The number of aromatic nitrogens is 3. The van der Waals surface area contributed by atoms with Crippen LogP contribution in [0.25, 0.3) is 22.0 Å². The van der Waals surface area contributed by atoms with E-state index < -0.39 is 6.04 Å². The molecule has 1 saturated heterocycles. The second-order valence-corrected chi connectivity index (χ2v) is 12.3. The van der Waals surface area contributed by atoms with Crippen molar-refractivity contribution in [2.24, 2.45) is 0 Å². The highest BCUT2D eigenvalue weighted by atomic mass is 16.5. The standard InChI is InChI=1S/C35H46N4O4/c1-4-31(41)35-32-15-16-39(35)33(42)23-38-22-30(24(2)40)29-19-27(28-20-36-25(3)37-21-28)18-26(34(29)38)14-12-10-8-6-5-7-9-11-13-17-43-32/h18-22,32,35H,4-17,23H2,1-3H3/t32-,35-/m1/s1. The molecule has 4 heterocycles. The normalized spacial score (nSPS) is 21.2. The van der Waals surface area contributed by atoms with Crippen LogP contribution in [0.1, 0.15) is 106 Å². The number of hydrogen-bond donors (Lipinski definition) is 0. The summed E-state index contributed by atoms with van der Waals surface area (Å²) in [6, 6.07) is 3.66. The van der Waals surface area contributed by atoms with Gasteiger partial charge >= 0.3 is 0 Å². The zero-order chi connectivity index (χ0) is 30.3. The molecule has 2 aromatic heterocycles. The summed E-state index contributed by atoms with van der Waals surface area (Å²) in [7, 11) is 0. The van der Waals surface area contributed by atoms with Crippen molar-refractivity contribution in [1.29, 1.82) is 0 Å². The Labute approximate surface area is 255 Å². The van der Waals surface area contributed by atoms with Crippen LogP contribution in [0.5, 0.6) is 0 Å². The summed E-state index contributed by atoms with van der Waals surface area (Å²) in [6.07, 6.45) is 17.6. The van der Waals surface area contributed by atoms with E-state index in [0.29, 0.717) is 37.4 Å². The van der Waals surface area contributed by atoms with Crippen molar-refractivity contribution in [1.82, 2.24) is 19.4 Å². The molecule has 230 valence electrons. The summed E-state index contributed by atoms with van der Waals surface area (Å²) in [5.41, 5.74) is 4.51. The van der Waals surface area contributed by atoms with Crippen molar-refractivity contribution in [3.8, 4) is 11.1 Å². The van der Waals surface area contributed by atoms with Gasteiger partial charge in [0.2, 0.25) is 5.91 Å². The number of fused-ring (bicyclic) bond motifs is 2. The van der Waals surface area contributed by atoms with Gasteiger partial charge in [-0.15, -0.1) is 0 Å². The number of benzene rings is 1. The molecule has 2 aliphatic heterocycles. The molecule has 2 atom stereocenters. The van der Waals surface area contributed by atoms with Gasteiger partial charge in [-0.1, -0.05) is 51.9 Å². The fourth-order valence-electron chi connectivity index (χ4n) is 6.77. The Hall–Kier alpha value is -3.39. The zero-order valence-corrected chi connectivity index (χ0v) is 26.1. The predicted octanol–water partition coefficient (Wildman–Crippen LogP) is 6.64. The minimum Gasteiger partial charge on any atom is -0.376 e. The van der Waals surface area contributed by atoms with Crippen LogP contribution in [0.15, 0.2) is 30.7 Å².